The topological polar surface area (TPSA) is 87.0 Å². The Morgan fingerprint density at radius 2 is 1.21 bits per heavy atom. The van der Waals surface area contributed by atoms with E-state index in [2.05, 4.69) is 63.7 Å². The second-order valence-electron chi connectivity index (χ2n) is 6.76. The Bertz CT molecular complexity index is 1330. The van der Waals surface area contributed by atoms with Crippen LogP contribution in [0.5, 0.6) is 23.0 Å². The van der Waals surface area contributed by atoms with Crippen molar-refractivity contribution in [2.75, 3.05) is 0 Å². The van der Waals surface area contributed by atoms with E-state index in [-0.39, 0.29) is 63.2 Å². The zero-order chi connectivity index (χ0) is 24.5. The average molecular weight is 788 g/mol. The van der Waals surface area contributed by atoms with E-state index in [9.17, 15) is 20.1 Å². The van der Waals surface area contributed by atoms with Crippen molar-refractivity contribution in [3.63, 3.8) is 0 Å². The maximum atomic E-state index is 12.3. The molecule has 1 aliphatic heterocycles. The number of hydrogen-bond acceptors (Lipinski definition) is 4. The lowest BCUT2D eigenvalue weighted by molar-refractivity contribution is 0.0695. The van der Waals surface area contributed by atoms with Crippen molar-refractivity contribution in [2.24, 2.45) is 0 Å². The van der Waals surface area contributed by atoms with Crippen LogP contribution >= 0.6 is 110 Å². The Labute approximate surface area is 240 Å². The van der Waals surface area contributed by atoms with Gasteiger partial charge in [-0.1, -0.05) is 46.4 Å². The number of benzene rings is 3. The molecule has 0 bridgehead atoms. The van der Waals surface area contributed by atoms with Crippen LogP contribution in [0.2, 0.25) is 20.1 Å². The van der Waals surface area contributed by atoms with E-state index in [1.165, 1.54) is 0 Å². The van der Waals surface area contributed by atoms with Crippen LogP contribution in [0, 0.1) is 0 Å². The number of phenolic OH excluding ortho intramolecular Hbond substituents is 2. The van der Waals surface area contributed by atoms with E-state index in [1.54, 1.807) is 12.1 Å². The number of fused-ring (bicyclic) bond motifs is 2. The van der Waals surface area contributed by atoms with Crippen LogP contribution in [-0.2, 0) is 0 Å². The second-order valence-corrected chi connectivity index (χ2v) is 11.6. The van der Waals surface area contributed by atoms with E-state index in [0.29, 0.717) is 20.1 Å². The summed E-state index contributed by atoms with van der Waals surface area (Å²) in [4.78, 5) is 12.3. The second kappa shape index (κ2) is 9.24. The van der Waals surface area contributed by atoms with Gasteiger partial charge in [0.15, 0.2) is 0 Å². The smallest absolute Gasteiger partial charge is 0.337 e. The molecule has 0 saturated carbocycles. The van der Waals surface area contributed by atoms with Crippen LogP contribution < -0.4 is 4.74 Å². The van der Waals surface area contributed by atoms with Crippen LogP contribution in [0.25, 0.3) is 0 Å². The van der Waals surface area contributed by atoms with Gasteiger partial charge in [0.2, 0.25) is 0 Å². The summed E-state index contributed by atoms with van der Waals surface area (Å²) in [6.45, 7) is 0. The molecular weight excluding hydrogens is 782 g/mol. The molecular formula is C20H6Br4Cl4O5. The van der Waals surface area contributed by atoms with E-state index >= 15 is 0 Å². The minimum absolute atomic E-state index is 0.0587. The standard InChI is InChI=1S/C20H6Br4Cl4O5/c21-5-1-3-7(8-9(20(31)32)13(26)15(28)14(27)12(8)25)4-2-6(22)17(30)11(24)19(4)33-18(3)10(23)16(5)29/h1-2,7,29-30H,(H,31,32). The van der Waals surface area contributed by atoms with Crippen LogP contribution in [0.3, 0.4) is 0 Å². The third-order valence-electron chi connectivity index (χ3n) is 4.99. The van der Waals surface area contributed by atoms with Crippen LogP contribution in [0.4, 0.5) is 0 Å². The number of hydrogen-bond donors (Lipinski definition) is 3. The van der Waals surface area contributed by atoms with E-state index in [1.807, 2.05) is 0 Å². The van der Waals surface area contributed by atoms with Gasteiger partial charge in [0, 0.05) is 22.6 Å². The average Bonchev–Trinajstić information content (AvgIpc) is 2.76. The third-order valence-corrected chi connectivity index (χ3v) is 9.48. The number of rotatable bonds is 2. The maximum Gasteiger partial charge on any atom is 0.337 e. The fourth-order valence-corrected chi connectivity index (χ4v) is 7.09. The van der Waals surface area contributed by atoms with Crippen molar-refractivity contribution in [1.82, 2.24) is 0 Å². The molecule has 1 aliphatic rings. The Hall–Kier alpha value is -0.390. The predicted octanol–water partition coefficient (Wildman–Crippen LogP) is 9.75. The lowest BCUT2D eigenvalue weighted by Crippen LogP contribution is -2.17. The fraction of sp³-hybridized carbons (Fsp3) is 0.0500. The molecule has 0 radical (unpaired) electrons. The van der Waals surface area contributed by atoms with Gasteiger partial charge in [0.25, 0.3) is 0 Å². The highest BCUT2D eigenvalue weighted by molar-refractivity contribution is 9.11. The molecule has 0 saturated heterocycles. The molecule has 1 heterocycles. The first-order chi connectivity index (χ1) is 15.4. The summed E-state index contributed by atoms with van der Waals surface area (Å²) in [7, 11) is 0. The van der Waals surface area contributed by atoms with E-state index < -0.39 is 11.9 Å². The molecule has 0 spiro atoms. The van der Waals surface area contributed by atoms with Gasteiger partial charge in [-0.3, -0.25) is 0 Å². The van der Waals surface area contributed by atoms with Gasteiger partial charge in [0.05, 0.1) is 34.6 Å². The van der Waals surface area contributed by atoms with E-state index in [0.717, 1.165) is 0 Å². The molecule has 0 aliphatic carbocycles. The van der Waals surface area contributed by atoms with Crippen molar-refractivity contribution in [2.45, 2.75) is 5.92 Å². The van der Waals surface area contributed by atoms with Gasteiger partial charge in [-0.15, -0.1) is 0 Å². The minimum Gasteiger partial charge on any atom is -0.505 e. The van der Waals surface area contributed by atoms with Crippen molar-refractivity contribution >= 4 is 116 Å². The first-order valence-electron chi connectivity index (χ1n) is 8.57. The zero-order valence-corrected chi connectivity index (χ0v) is 24.8. The van der Waals surface area contributed by atoms with Gasteiger partial charge >= 0.3 is 5.97 Å². The Balaban J connectivity index is 2.24. The normalized spacial score (nSPS) is 12.8. The summed E-state index contributed by atoms with van der Waals surface area (Å²) >= 11 is 38.6. The number of carboxylic acids is 1. The lowest BCUT2D eigenvalue weighted by Gasteiger charge is -2.32. The van der Waals surface area contributed by atoms with Crippen LogP contribution in [-0.4, -0.2) is 21.3 Å². The van der Waals surface area contributed by atoms with Gasteiger partial charge < -0.3 is 20.1 Å². The van der Waals surface area contributed by atoms with Gasteiger partial charge in [-0.2, -0.15) is 0 Å². The Kier molecular flexibility index (Phi) is 7.20. The lowest BCUT2D eigenvalue weighted by atomic mass is 9.80. The molecule has 5 nitrogen and oxygen atoms in total. The molecule has 0 amide bonds. The molecule has 0 unspecified atom stereocenters. The SMILES string of the molecule is O=C(O)c1c(Cl)c(Cl)c(Cl)c(Cl)c1C1c2cc(Br)c(O)c(Br)c2Oc2c1cc(Br)c(O)c2Br. The number of phenols is 2. The largest absolute Gasteiger partial charge is 0.505 e. The van der Waals surface area contributed by atoms with Crippen LogP contribution in [0.15, 0.2) is 30.0 Å². The summed E-state index contributed by atoms with van der Waals surface area (Å²) in [6.07, 6.45) is 0. The summed E-state index contributed by atoms with van der Waals surface area (Å²) in [6, 6.07) is 3.13. The number of aromatic hydroxyl groups is 2. The van der Waals surface area contributed by atoms with Crippen LogP contribution in [0.1, 0.15) is 33.0 Å². The van der Waals surface area contributed by atoms with Gasteiger partial charge in [-0.25, -0.2) is 4.79 Å². The van der Waals surface area contributed by atoms with Crippen molar-refractivity contribution in [3.8, 4) is 23.0 Å². The quantitative estimate of drug-likeness (QED) is 0.139. The number of ether oxygens (including phenoxy) is 1. The van der Waals surface area contributed by atoms with Gasteiger partial charge in [0.1, 0.15) is 31.9 Å². The molecule has 0 aromatic heterocycles. The monoisotopic (exact) mass is 782 g/mol. The summed E-state index contributed by atoms with van der Waals surface area (Å²) in [5, 5.41) is 30.2. The molecule has 13 heteroatoms. The van der Waals surface area contributed by atoms with Crippen molar-refractivity contribution < 1.29 is 24.9 Å². The molecule has 0 atom stereocenters. The predicted molar refractivity (Wildman–Crippen MR) is 141 cm³/mol. The van der Waals surface area contributed by atoms with Crippen molar-refractivity contribution in [1.29, 1.82) is 0 Å². The maximum absolute atomic E-state index is 12.3. The molecule has 3 N–H and O–H groups in total. The van der Waals surface area contributed by atoms with Gasteiger partial charge in [-0.05, 0) is 75.9 Å². The molecule has 0 fully saturated rings. The highest BCUT2D eigenvalue weighted by Gasteiger charge is 2.39. The Morgan fingerprint density at radius 3 is 1.64 bits per heavy atom. The number of halogens is 8. The summed E-state index contributed by atoms with van der Waals surface area (Å²) in [5.41, 5.74) is 0.577. The third kappa shape index (κ3) is 3.96. The summed E-state index contributed by atoms with van der Waals surface area (Å²) in [5.74, 6) is -2.24. The molecule has 172 valence electrons. The number of carbonyl (C=O) groups is 1. The fourth-order valence-electron chi connectivity index (χ4n) is 3.56. The summed E-state index contributed by atoms with van der Waals surface area (Å²) < 4.78 is 7.04. The molecule has 3 aromatic rings. The Morgan fingerprint density at radius 1 is 0.788 bits per heavy atom. The van der Waals surface area contributed by atoms with E-state index in [4.69, 9.17) is 51.1 Å². The molecule has 33 heavy (non-hydrogen) atoms. The molecule has 3 aromatic carbocycles. The highest BCUT2D eigenvalue weighted by atomic mass is 79.9. The molecule has 4 rings (SSSR count). The zero-order valence-electron chi connectivity index (χ0n) is 15.4. The number of carboxylic acid groups (broad SMARTS) is 1. The first-order valence-corrected chi connectivity index (χ1v) is 13.2. The highest BCUT2D eigenvalue weighted by Crippen LogP contribution is 2.60. The van der Waals surface area contributed by atoms with Crippen molar-refractivity contribution in [3.05, 3.63) is 72.4 Å². The number of aromatic carboxylic acids is 1. The first kappa shape index (κ1) is 25.7. The minimum atomic E-state index is -1.38.